The van der Waals surface area contributed by atoms with E-state index in [4.69, 9.17) is 17.4 Å². The fourth-order valence-electron chi connectivity index (χ4n) is 1.25. The van der Waals surface area contributed by atoms with E-state index in [0.29, 0.717) is 17.0 Å². The smallest absolute Gasteiger partial charge is 0.129 e. The Balaban J connectivity index is 3.10. The number of nitrogens with one attached hydrogen (secondary N) is 1. The quantitative estimate of drug-likeness (QED) is 0.584. The Morgan fingerprint density at radius 1 is 1.62 bits per heavy atom. The first kappa shape index (κ1) is 10.4. The zero-order chi connectivity index (χ0) is 9.84. The van der Waals surface area contributed by atoms with Gasteiger partial charge in [0.2, 0.25) is 0 Å². The van der Waals surface area contributed by atoms with Gasteiger partial charge in [-0.2, -0.15) is 0 Å². The van der Waals surface area contributed by atoms with Gasteiger partial charge in [-0.3, -0.25) is 11.3 Å². The molecule has 0 heterocycles. The van der Waals surface area contributed by atoms with Crippen molar-refractivity contribution in [1.82, 2.24) is 5.43 Å². The van der Waals surface area contributed by atoms with E-state index in [1.165, 1.54) is 6.07 Å². The van der Waals surface area contributed by atoms with Gasteiger partial charge >= 0.3 is 0 Å². The molecule has 13 heavy (non-hydrogen) atoms. The molecule has 1 rings (SSSR count). The van der Waals surface area contributed by atoms with E-state index in [0.717, 1.165) is 0 Å². The average molecular weight is 203 g/mol. The standard InChI is InChI=1S/C9H12ClFN2/c1-2-8(13-12)9-6(10)4-3-5-7(9)11/h3-5,8,13H,2,12H2,1H3. The molecule has 0 spiro atoms. The lowest BCUT2D eigenvalue weighted by Crippen LogP contribution is -2.28. The highest BCUT2D eigenvalue weighted by atomic mass is 35.5. The summed E-state index contributed by atoms with van der Waals surface area (Å²) in [5.41, 5.74) is 2.96. The van der Waals surface area contributed by atoms with Crippen molar-refractivity contribution in [2.45, 2.75) is 19.4 Å². The molecule has 0 aliphatic heterocycles. The Kier molecular flexibility index (Phi) is 3.66. The van der Waals surface area contributed by atoms with Gasteiger partial charge in [-0.15, -0.1) is 0 Å². The minimum Gasteiger partial charge on any atom is -0.271 e. The van der Waals surface area contributed by atoms with Crippen LogP contribution in [0.2, 0.25) is 5.02 Å². The van der Waals surface area contributed by atoms with E-state index in [-0.39, 0.29) is 11.9 Å². The molecule has 0 amide bonds. The molecule has 2 nitrogen and oxygen atoms in total. The highest BCUT2D eigenvalue weighted by Crippen LogP contribution is 2.26. The van der Waals surface area contributed by atoms with Gasteiger partial charge in [0.15, 0.2) is 0 Å². The Bertz CT molecular complexity index is 267. The van der Waals surface area contributed by atoms with Crippen LogP contribution in [0, 0.1) is 5.82 Å². The predicted molar refractivity (Wildman–Crippen MR) is 51.8 cm³/mol. The maximum atomic E-state index is 13.3. The van der Waals surface area contributed by atoms with Gasteiger partial charge in [0.1, 0.15) is 5.82 Å². The van der Waals surface area contributed by atoms with Crippen LogP contribution in [0.1, 0.15) is 24.9 Å². The SMILES string of the molecule is CCC(NN)c1c(F)cccc1Cl. The third-order valence-electron chi connectivity index (χ3n) is 1.96. The van der Waals surface area contributed by atoms with Crippen molar-refractivity contribution >= 4 is 11.6 Å². The molecule has 0 fully saturated rings. The third-order valence-corrected chi connectivity index (χ3v) is 2.29. The van der Waals surface area contributed by atoms with E-state index < -0.39 is 0 Å². The van der Waals surface area contributed by atoms with Crippen molar-refractivity contribution in [2.75, 3.05) is 0 Å². The Hall–Kier alpha value is -0.640. The maximum absolute atomic E-state index is 13.3. The van der Waals surface area contributed by atoms with Crippen molar-refractivity contribution in [3.05, 3.63) is 34.6 Å². The molecule has 0 aliphatic rings. The van der Waals surface area contributed by atoms with Crippen molar-refractivity contribution in [2.24, 2.45) is 5.84 Å². The molecule has 1 aromatic rings. The first-order valence-electron chi connectivity index (χ1n) is 4.10. The van der Waals surface area contributed by atoms with Crippen LogP contribution < -0.4 is 11.3 Å². The summed E-state index contributed by atoms with van der Waals surface area (Å²) in [7, 11) is 0. The van der Waals surface area contributed by atoms with Crippen LogP contribution in [0.3, 0.4) is 0 Å². The maximum Gasteiger partial charge on any atom is 0.129 e. The minimum atomic E-state index is -0.322. The zero-order valence-electron chi connectivity index (χ0n) is 7.35. The summed E-state index contributed by atoms with van der Waals surface area (Å²) >= 11 is 5.85. The molecule has 0 saturated heterocycles. The van der Waals surface area contributed by atoms with E-state index in [9.17, 15) is 4.39 Å². The van der Waals surface area contributed by atoms with Crippen molar-refractivity contribution < 1.29 is 4.39 Å². The Morgan fingerprint density at radius 2 is 2.31 bits per heavy atom. The largest absolute Gasteiger partial charge is 0.271 e. The number of hydrogen-bond acceptors (Lipinski definition) is 2. The Labute approximate surface area is 81.9 Å². The molecule has 0 bridgehead atoms. The molecule has 1 unspecified atom stereocenters. The predicted octanol–water partition coefficient (Wildman–Crippen LogP) is 2.39. The van der Waals surface area contributed by atoms with E-state index in [1.54, 1.807) is 12.1 Å². The molecule has 3 N–H and O–H groups in total. The second-order valence-corrected chi connectivity index (χ2v) is 3.17. The number of nitrogens with two attached hydrogens (primary N) is 1. The highest BCUT2D eigenvalue weighted by Gasteiger charge is 2.15. The topological polar surface area (TPSA) is 38.0 Å². The molecular weight excluding hydrogens is 191 g/mol. The van der Waals surface area contributed by atoms with Gasteiger partial charge < -0.3 is 0 Å². The number of hydrazine groups is 1. The summed E-state index contributed by atoms with van der Waals surface area (Å²) in [6, 6.07) is 4.37. The van der Waals surface area contributed by atoms with Gasteiger partial charge in [-0.05, 0) is 18.6 Å². The van der Waals surface area contributed by atoms with Crippen molar-refractivity contribution in [3.8, 4) is 0 Å². The van der Waals surface area contributed by atoms with Crippen molar-refractivity contribution in [3.63, 3.8) is 0 Å². The minimum absolute atomic E-state index is 0.228. The Morgan fingerprint density at radius 3 is 2.77 bits per heavy atom. The van der Waals surface area contributed by atoms with Gasteiger partial charge in [0.25, 0.3) is 0 Å². The first-order valence-corrected chi connectivity index (χ1v) is 4.48. The summed E-state index contributed by atoms with van der Waals surface area (Å²) in [6.45, 7) is 1.91. The lowest BCUT2D eigenvalue weighted by atomic mass is 10.0. The second-order valence-electron chi connectivity index (χ2n) is 2.76. The van der Waals surface area contributed by atoms with Crippen LogP contribution in [0.15, 0.2) is 18.2 Å². The molecule has 0 aromatic heterocycles. The van der Waals surface area contributed by atoms with Crippen LogP contribution in [0.5, 0.6) is 0 Å². The van der Waals surface area contributed by atoms with E-state index in [1.807, 2.05) is 6.92 Å². The monoisotopic (exact) mass is 202 g/mol. The number of rotatable bonds is 3. The van der Waals surface area contributed by atoms with E-state index in [2.05, 4.69) is 5.43 Å². The normalized spacial score (nSPS) is 12.9. The van der Waals surface area contributed by atoms with Crippen LogP contribution >= 0.6 is 11.6 Å². The van der Waals surface area contributed by atoms with Crippen LogP contribution in [0.25, 0.3) is 0 Å². The molecule has 4 heteroatoms. The number of hydrogen-bond donors (Lipinski definition) is 2. The number of benzene rings is 1. The molecular formula is C9H12ClFN2. The molecule has 1 atom stereocenters. The average Bonchev–Trinajstić information content (AvgIpc) is 2.11. The molecule has 72 valence electrons. The first-order chi connectivity index (χ1) is 6.20. The van der Waals surface area contributed by atoms with Gasteiger partial charge in [0, 0.05) is 10.6 Å². The second kappa shape index (κ2) is 4.56. The zero-order valence-corrected chi connectivity index (χ0v) is 8.11. The highest BCUT2D eigenvalue weighted by molar-refractivity contribution is 6.31. The number of halogens is 2. The summed E-state index contributed by atoms with van der Waals surface area (Å²) in [4.78, 5) is 0. The fourth-order valence-corrected chi connectivity index (χ4v) is 1.54. The summed E-state index contributed by atoms with van der Waals surface area (Å²) in [6.07, 6.45) is 0.692. The molecule has 0 radical (unpaired) electrons. The lowest BCUT2D eigenvalue weighted by Gasteiger charge is -2.15. The summed E-state index contributed by atoms with van der Waals surface area (Å²) in [5, 5.41) is 0.407. The molecule has 1 aromatic carbocycles. The van der Waals surface area contributed by atoms with Gasteiger partial charge in [0.05, 0.1) is 6.04 Å². The fraction of sp³-hybridized carbons (Fsp3) is 0.333. The van der Waals surface area contributed by atoms with Crippen LogP contribution in [0.4, 0.5) is 4.39 Å². The van der Waals surface area contributed by atoms with Crippen LogP contribution in [-0.2, 0) is 0 Å². The molecule has 0 aliphatic carbocycles. The van der Waals surface area contributed by atoms with E-state index >= 15 is 0 Å². The van der Waals surface area contributed by atoms with Crippen molar-refractivity contribution in [1.29, 1.82) is 0 Å². The summed E-state index contributed by atoms with van der Waals surface area (Å²) < 4.78 is 13.3. The van der Waals surface area contributed by atoms with Crippen LogP contribution in [-0.4, -0.2) is 0 Å². The molecule has 0 saturated carbocycles. The van der Waals surface area contributed by atoms with Gasteiger partial charge in [-0.25, -0.2) is 4.39 Å². The summed E-state index contributed by atoms with van der Waals surface area (Å²) in [5.74, 6) is 4.96. The van der Waals surface area contributed by atoms with Gasteiger partial charge in [-0.1, -0.05) is 24.6 Å². The third kappa shape index (κ3) is 2.18. The lowest BCUT2D eigenvalue weighted by molar-refractivity contribution is 0.502.